The van der Waals surface area contributed by atoms with Crippen molar-refractivity contribution in [1.82, 2.24) is 10.6 Å². The van der Waals surface area contributed by atoms with E-state index in [1.54, 1.807) is 25.1 Å². The van der Waals surface area contributed by atoms with Crippen molar-refractivity contribution in [2.75, 3.05) is 12.3 Å². The lowest BCUT2D eigenvalue weighted by atomic mass is 9.87. The third-order valence-corrected chi connectivity index (χ3v) is 8.81. The van der Waals surface area contributed by atoms with Crippen LogP contribution in [0.25, 0.3) is 0 Å². The fourth-order valence-corrected chi connectivity index (χ4v) is 6.00. The van der Waals surface area contributed by atoms with Crippen molar-refractivity contribution in [2.45, 2.75) is 115 Å². The number of esters is 1. The molecule has 46 heavy (non-hydrogen) atoms. The van der Waals surface area contributed by atoms with E-state index in [0.717, 1.165) is 17.6 Å². The molecular weight excluding hydrogens is 590 g/mol. The molecule has 0 aromatic heterocycles. The molecule has 11 nitrogen and oxygen atoms in total. The summed E-state index contributed by atoms with van der Waals surface area (Å²) in [6, 6.07) is 7.22. The van der Waals surface area contributed by atoms with Gasteiger partial charge in [-0.3, -0.25) is 14.4 Å². The van der Waals surface area contributed by atoms with Crippen LogP contribution in [-0.2, 0) is 39.9 Å². The standard InChI is InChI=1S/C35H49N3O8/c1-21(6-13-30-22(2)16-29(24(4)45-30)38-32(40)15-8-23(3)44-25(5)39)7-14-31-34(42)35(20-43-35)18-28(46-31)17-33(41)37-19-26-9-11-27(36)12-10-26/h6-12,14-15,22-24,28-31,34,42H,13,16-20,36H2,1-5H3,(H,37,41)(H,38,40)/t22-,23?,24+,28+,29+,30-,31+,34+,35+/m0/s1. The van der Waals surface area contributed by atoms with E-state index in [1.165, 1.54) is 13.0 Å². The maximum Gasteiger partial charge on any atom is 0.303 e. The Kier molecular flexibility index (Phi) is 12.2. The van der Waals surface area contributed by atoms with E-state index in [9.17, 15) is 19.5 Å². The van der Waals surface area contributed by atoms with Crippen molar-refractivity contribution >= 4 is 23.5 Å². The lowest BCUT2D eigenvalue weighted by Crippen LogP contribution is -2.50. The Morgan fingerprint density at radius 2 is 1.87 bits per heavy atom. The number of nitrogen functional groups attached to an aromatic ring is 1. The van der Waals surface area contributed by atoms with Gasteiger partial charge in [-0.1, -0.05) is 42.9 Å². The Balaban J connectivity index is 1.25. The first kappa shape index (κ1) is 35.3. The summed E-state index contributed by atoms with van der Waals surface area (Å²) in [7, 11) is 0. The minimum Gasteiger partial charge on any atom is -0.459 e. The molecule has 4 rings (SSSR count). The van der Waals surface area contributed by atoms with Crippen molar-refractivity contribution in [2.24, 2.45) is 5.92 Å². The molecule has 3 saturated heterocycles. The molecule has 0 aliphatic carbocycles. The summed E-state index contributed by atoms with van der Waals surface area (Å²) >= 11 is 0. The molecule has 3 heterocycles. The summed E-state index contributed by atoms with van der Waals surface area (Å²) in [6.45, 7) is 9.92. The van der Waals surface area contributed by atoms with E-state index in [0.29, 0.717) is 31.7 Å². The summed E-state index contributed by atoms with van der Waals surface area (Å²) in [6.07, 6.45) is 8.44. The number of aliphatic hydroxyl groups is 1. The molecule has 11 heteroatoms. The highest BCUT2D eigenvalue weighted by atomic mass is 16.6. The lowest BCUT2D eigenvalue weighted by Gasteiger charge is -2.39. The fraction of sp³-hybridized carbons (Fsp3) is 0.571. The highest BCUT2D eigenvalue weighted by Crippen LogP contribution is 2.43. The Labute approximate surface area is 271 Å². The smallest absolute Gasteiger partial charge is 0.303 e. The maximum atomic E-state index is 12.7. The number of hydrogen-bond acceptors (Lipinski definition) is 9. The van der Waals surface area contributed by atoms with Crippen LogP contribution in [0.4, 0.5) is 5.69 Å². The number of hydrogen-bond donors (Lipinski definition) is 4. The van der Waals surface area contributed by atoms with Gasteiger partial charge in [0, 0.05) is 31.7 Å². The van der Waals surface area contributed by atoms with Crippen molar-refractivity contribution in [3.05, 3.63) is 65.8 Å². The topological polar surface area (TPSA) is 162 Å². The number of carbonyl (C=O) groups excluding carboxylic acids is 3. The highest BCUT2D eigenvalue weighted by molar-refractivity contribution is 5.87. The van der Waals surface area contributed by atoms with Gasteiger partial charge in [0.05, 0.1) is 37.4 Å². The van der Waals surface area contributed by atoms with Crippen LogP contribution in [0, 0.1) is 5.92 Å². The molecule has 1 spiro atoms. The first-order valence-electron chi connectivity index (χ1n) is 16.1. The van der Waals surface area contributed by atoms with E-state index in [1.807, 2.05) is 38.1 Å². The molecule has 3 aliphatic rings. The first-order valence-corrected chi connectivity index (χ1v) is 16.1. The quantitative estimate of drug-likeness (QED) is 0.0885. The van der Waals surface area contributed by atoms with Crippen LogP contribution in [-0.4, -0.2) is 77.8 Å². The van der Waals surface area contributed by atoms with Crippen molar-refractivity contribution in [3.8, 4) is 0 Å². The summed E-state index contributed by atoms with van der Waals surface area (Å²) in [4.78, 5) is 36.2. The van der Waals surface area contributed by atoms with Crippen LogP contribution >= 0.6 is 0 Å². The van der Waals surface area contributed by atoms with E-state index in [-0.39, 0.29) is 48.5 Å². The third kappa shape index (κ3) is 10.2. The normalized spacial score (nSPS) is 32.0. The molecule has 0 saturated carbocycles. The SMILES string of the molecule is CC(=O)OC(C)C=CC(=O)N[C@@H]1C[C@H](C)[C@H](CC=C(C)C=C[C@H]2O[C@H](CC(=O)NCc3ccc(N)cc3)C[C@@]3(CO3)[C@@H]2O)O[C@@H]1C. The predicted molar refractivity (Wildman–Crippen MR) is 173 cm³/mol. The summed E-state index contributed by atoms with van der Waals surface area (Å²) < 4.78 is 23.2. The zero-order chi connectivity index (χ0) is 33.4. The van der Waals surface area contributed by atoms with Gasteiger partial charge in [-0.25, -0.2) is 0 Å². The number of allylic oxidation sites excluding steroid dienone is 2. The number of nitrogens with one attached hydrogen (secondary N) is 2. The Morgan fingerprint density at radius 1 is 1.15 bits per heavy atom. The predicted octanol–water partition coefficient (Wildman–Crippen LogP) is 3.26. The van der Waals surface area contributed by atoms with Crippen molar-refractivity contribution in [1.29, 1.82) is 0 Å². The minimum absolute atomic E-state index is 0.0122. The number of rotatable bonds is 12. The Bertz CT molecular complexity index is 1310. The van der Waals surface area contributed by atoms with E-state index >= 15 is 0 Å². The number of epoxide rings is 1. The number of nitrogens with two attached hydrogens (primary N) is 1. The molecule has 3 fully saturated rings. The monoisotopic (exact) mass is 639 g/mol. The van der Waals surface area contributed by atoms with Crippen LogP contribution in [0.3, 0.4) is 0 Å². The van der Waals surface area contributed by atoms with Crippen LogP contribution in [0.5, 0.6) is 0 Å². The van der Waals surface area contributed by atoms with Gasteiger partial charge in [0.25, 0.3) is 0 Å². The molecule has 5 N–H and O–H groups in total. The summed E-state index contributed by atoms with van der Waals surface area (Å²) in [5.74, 6) is -0.571. The number of benzene rings is 1. The van der Waals surface area contributed by atoms with Gasteiger partial charge < -0.3 is 40.4 Å². The molecule has 3 aliphatic heterocycles. The number of anilines is 1. The van der Waals surface area contributed by atoms with Crippen molar-refractivity contribution in [3.63, 3.8) is 0 Å². The third-order valence-electron chi connectivity index (χ3n) is 8.81. The number of amides is 2. The minimum atomic E-state index is -0.819. The van der Waals surface area contributed by atoms with Gasteiger partial charge in [0.15, 0.2) is 0 Å². The number of aliphatic hydroxyl groups excluding tert-OH is 1. The average Bonchev–Trinajstić information content (AvgIpc) is 3.77. The van der Waals surface area contributed by atoms with E-state index in [2.05, 4.69) is 23.6 Å². The average molecular weight is 640 g/mol. The van der Waals surface area contributed by atoms with E-state index < -0.39 is 29.9 Å². The molecule has 0 bridgehead atoms. The number of carbonyl (C=O) groups is 3. The first-order chi connectivity index (χ1) is 21.8. The zero-order valence-corrected chi connectivity index (χ0v) is 27.4. The second-order valence-electron chi connectivity index (χ2n) is 12.9. The molecule has 2 amide bonds. The second-order valence-corrected chi connectivity index (χ2v) is 12.9. The van der Waals surface area contributed by atoms with Gasteiger partial charge in [-0.15, -0.1) is 0 Å². The molecule has 1 unspecified atom stereocenters. The molecular formula is C35H49N3O8. The van der Waals surface area contributed by atoms with Crippen LogP contribution in [0.15, 0.2) is 60.2 Å². The second kappa shape index (κ2) is 15.9. The summed E-state index contributed by atoms with van der Waals surface area (Å²) in [5.41, 5.74) is 7.69. The van der Waals surface area contributed by atoms with E-state index in [4.69, 9.17) is 24.7 Å². The van der Waals surface area contributed by atoms with Gasteiger partial charge in [0.2, 0.25) is 11.8 Å². The zero-order valence-electron chi connectivity index (χ0n) is 27.4. The largest absolute Gasteiger partial charge is 0.459 e. The molecule has 0 radical (unpaired) electrons. The molecule has 1 aromatic rings. The Hall–Kier alpha value is -3.51. The maximum absolute atomic E-state index is 12.7. The van der Waals surface area contributed by atoms with Gasteiger partial charge in [0.1, 0.15) is 23.9 Å². The van der Waals surface area contributed by atoms with Gasteiger partial charge in [-0.05, 0) is 63.3 Å². The fourth-order valence-electron chi connectivity index (χ4n) is 6.00. The van der Waals surface area contributed by atoms with Gasteiger partial charge in [-0.2, -0.15) is 0 Å². The summed E-state index contributed by atoms with van der Waals surface area (Å²) in [5, 5.41) is 16.9. The van der Waals surface area contributed by atoms with Crippen LogP contribution in [0.1, 0.15) is 65.9 Å². The molecule has 252 valence electrons. The number of ether oxygens (including phenoxy) is 4. The lowest BCUT2D eigenvalue weighted by molar-refractivity contribution is -0.145. The Morgan fingerprint density at radius 3 is 2.54 bits per heavy atom. The van der Waals surface area contributed by atoms with Crippen molar-refractivity contribution < 1.29 is 38.4 Å². The van der Waals surface area contributed by atoms with Crippen LogP contribution in [0.2, 0.25) is 0 Å². The molecule has 9 atom stereocenters. The highest BCUT2D eigenvalue weighted by Gasteiger charge is 2.58. The van der Waals surface area contributed by atoms with Gasteiger partial charge >= 0.3 is 5.97 Å². The van der Waals surface area contributed by atoms with Crippen LogP contribution < -0.4 is 16.4 Å². The molecule has 1 aromatic carbocycles.